The van der Waals surface area contributed by atoms with Gasteiger partial charge in [0, 0.05) is 24.9 Å². The van der Waals surface area contributed by atoms with Crippen LogP contribution in [0.25, 0.3) is 0 Å². The minimum atomic E-state index is -0.285. The lowest BCUT2D eigenvalue weighted by Gasteiger charge is -2.25. The van der Waals surface area contributed by atoms with Gasteiger partial charge in [-0.25, -0.2) is 0 Å². The number of nitrogens with one attached hydrogen (secondary N) is 2. The van der Waals surface area contributed by atoms with Crippen molar-refractivity contribution >= 4 is 11.6 Å². The zero-order chi connectivity index (χ0) is 17.5. The Bertz CT molecular complexity index is 654. The fourth-order valence-corrected chi connectivity index (χ4v) is 3.24. The Morgan fingerprint density at radius 1 is 1.12 bits per heavy atom. The van der Waals surface area contributed by atoms with Crippen LogP contribution in [0.4, 0.5) is 5.69 Å². The monoisotopic (exact) mass is 338 g/mol. The summed E-state index contributed by atoms with van der Waals surface area (Å²) in [5, 5.41) is 6.48. The van der Waals surface area contributed by atoms with Crippen LogP contribution in [0.5, 0.6) is 0 Å². The highest BCUT2D eigenvalue weighted by Gasteiger charge is 2.24. The van der Waals surface area contributed by atoms with E-state index in [9.17, 15) is 4.79 Å². The third kappa shape index (κ3) is 5.15. The lowest BCUT2D eigenvalue weighted by molar-refractivity contribution is -0.118. The number of amides is 1. The van der Waals surface area contributed by atoms with Gasteiger partial charge >= 0.3 is 0 Å². The van der Waals surface area contributed by atoms with Gasteiger partial charge < -0.3 is 10.1 Å². The van der Waals surface area contributed by atoms with E-state index in [-0.39, 0.29) is 18.0 Å². The highest BCUT2D eigenvalue weighted by atomic mass is 16.5. The molecule has 3 rings (SSSR count). The molecule has 132 valence electrons. The molecule has 1 aliphatic heterocycles. The first-order chi connectivity index (χ1) is 12.2. The average Bonchev–Trinajstić information content (AvgIpc) is 3.16. The Kier molecular flexibility index (Phi) is 6.20. The quantitative estimate of drug-likeness (QED) is 0.808. The standard InChI is InChI=1S/C21H26N2O2/c1-16(21(24)23-19-10-6-3-7-11-19)22-20(14-17-12-13-25-15-17)18-8-4-2-5-9-18/h2-11,16-17,20,22H,12-15H2,1H3,(H,23,24)/t16-,17-,20-/m0/s1. The smallest absolute Gasteiger partial charge is 0.241 e. The number of anilines is 1. The van der Waals surface area contributed by atoms with Crippen molar-refractivity contribution in [2.45, 2.75) is 31.8 Å². The molecule has 1 aliphatic rings. The van der Waals surface area contributed by atoms with Crippen LogP contribution in [0.15, 0.2) is 60.7 Å². The van der Waals surface area contributed by atoms with E-state index in [1.807, 2.05) is 55.5 Å². The molecule has 0 bridgehead atoms. The molecule has 1 amide bonds. The van der Waals surface area contributed by atoms with Crippen molar-refractivity contribution < 1.29 is 9.53 Å². The zero-order valence-electron chi connectivity index (χ0n) is 14.7. The van der Waals surface area contributed by atoms with Crippen molar-refractivity contribution in [2.75, 3.05) is 18.5 Å². The van der Waals surface area contributed by atoms with Gasteiger partial charge in [-0.3, -0.25) is 10.1 Å². The Morgan fingerprint density at radius 2 is 1.80 bits per heavy atom. The Labute approximate surface area is 149 Å². The molecule has 4 heteroatoms. The fraction of sp³-hybridized carbons (Fsp3) is 0.381. The van der Waals surface area contributed by atoms with Crippen LogP contribution in [0.1, 0.15) is 31.4 Å². The van der Waals surface area contributed by atoms with Gasteiger partial charge in [-0.2, -0.15) is 0 Å². The number of ether oxygens (including phenoxy) is 1. The summed E-state index contributed by atoms with van der Waals surface area (Å²) in [6.07, 6.45) is 2.07. The molecule has 0 spiro atoms. The van der Waals surface area contributed by atoms with Crippen LogP contribution >= 0.6 is 0 Å². The minimum Gasteiger partial charge on any atom is -0.381 e. The lowest BCUT2D eigenvalue weighted by Crippen LogP contribution is -2.40. The molecule has 3 atom stereocenters. The zero-order valence-corrected chi connectivity index (χ0v) is 14.7. The van der Waals surface area contributed by atoms with Crippen LogP contribution in [0.2, 0.25) is 0 Å². The molecule has 25 heavy (non-hydrogen) atoms. The first kappa shape index (κ1) is 17.6. The molecule has 0 radical (unpaired) electrons. The topological polar surface area (TPSA) is 50.4 Å². The predicted molar refractivity (Wildman–Crippen MR) is 100 cm³/mol. The van der Waals surface area contributed by atoms with Crippen LogP contribution in [0.3, 0.4) is 0 Å². The summed E-state index contributed by atoms with van der Waals surface area (Å²) in [5.41, 5.74) is 2.04. The summed E-state index contributed by atoms with van der Waals surface area (Å²) in [7, 11) is 0. The van der Waals surface area contributed by atoms with Gasteiger partial charge in [0.2, 0.25) is 5.91 Å². The summed E-state index contributed by atoms with van der Waals surface area (Å²) in [4.78, 5) is 12.5. The molecule has 0 aromatic heterocycles. The number of hydrogen-bond donors (Lipinski definition) is 2. The molecule has 0 saturated carbocycles. The van der Waals surface area contributed by atoms with Crippen molar-refractivity contribution in [1.82, 2.24) is 5.32 Å². The van der Waals surface area contributed by atoms with Crippen molar-refractivity contribution in [3.05, 3.63) is 66.2 Å². The van der Waals surface area contributed by atoms with E-state index in [2.05, 4.69) is 22.8 Å². The van der Waals surface area contributed by atoms with Gasteiger partial charge in [0.05, 0.1) is 6.04 Å². The number of benzene rings is 2. The SMILES string of the molecule is C[C@H](N[C@@H](C[C@@H]1CCOC1)c1ccccc1)C(=O)Nc1ccccc1. The molecule has 2 aromatic carbocycles. The van der Waals surface area contributed by atoms with Gasteiger partial charge in [-0.1, -0.05) is 48.5 Å². The molecule has 1 saturated heterocycles. The maximum Gasteiger partial charge on any atom is 0.241 e. The summed E-state index contributed by atoms with van der Waals surface area (Å²) >= 11 is 0. The Hall–Kier alpha value is -2.17. The van der Waals surface area contributed by atoms with E-state index in [0.29, 0.717) is 5.92 Å². The summed E-state index contributed by atoms with van der Waals surface area (Å²) in [5.74, 6) is 0.525. The van der Waals surface area contributed by atoms with Crippen LogP contribution in [0, 0.1) is 5.92 Å². The molecule has 1 heterocycles. The van der Waals surface area contributed by atoms with E-state index in [1.54, 1.807) is 0 Å². The normalized spacial score (nSPS) is 19.3. The molecule has 0 unspecified atom stereocenters. The predicted octanol–water partition coefficient (Wildman–Crippen LogP) is 3.77. The van der Waals surface area contributed by atoms with E-state index in [1.165, 1.54) is 5.56 Å². The molecular formula is C21H26N2O2. The number of hydrogen-bond acceptors (Lipinski definition) is 3. The number of carbonyl (C=O) groups excluding carboxylic acids is 1. The van der Waals surface area contributed by atoms with Crippen molar-refractivity contribution in [1.29, 1.82) is 0 Å². The number of para-hydroxylation sites is 1. The second-order valence-electron chi connectivity index (χ2n) is 6.67. The highest BCUT2D eigenvalue weighted by molar-refractivity contribution is 5.94. The van der Waals surface area contributed by atoms with Crippen LogP contribution < -0.4 is 10.6 Å². The first-order valence-electron chi connectivity index (χ1n) is 8.97. The first-order valence-corrected chi connectivity index (χ1v) is 8.97. The van der Waals surface area contributed by atoms with Crippen molar-refractivity contribution in [2.24, 2.45) is 5.92 Å². The van der Waals surface area contributed by atoms with Crippen molar-refractivity contribution in [3.8, 4) is 0 Å². The minimum absolute atomic E-state index is 0.0187. The second-order valence-corrected chi connectivity index (χ2v) is 6.67. The van der Waals surface area contributed by atoms with E-state index in [0.717, 1.165) is 31.7 Å². The Balaban J connectivity index is 1.65. The molecule has 2 N–H and O–H groups in total. The molecule has 1 fully saturated rings. The van der Waals surface area contributed by atoms with Gasteiger partial charge in [0.1, 0.15) is 0 Å². The molecule has 2 aromatic rings. The van der Waals surface area contributed by atoms with Gasteiger partial charge in [-0.15, -0.1) is 0 Å². The van der Waals surface area contributed by atoms with Gasteiger partial charge in [-0.05, 0) is 43.4 Å². The largest absolute Gasteiger partial charge is 0.381 e. The summed E-state index contributed by atoms with van der Waals surface area (Å²) < 4.78 is 5.52. The fourth-order valence-electron chi connectivity index (χ4n) is 3.24. The van der Waals surface area contributed by atoms with Crippen LogP contribution in [-0.4, -0.2) is 25.2 Å². The number of rotatable bonds is 7. The molecule has 0 aliphatic carbocycles. The summed E-state index contributed by atoms with van der Waals surface area (Å²) in [6, 6.07) is 19.8. The molecule has 4 nitrogen and oxygen atoms in total. The third-order valence-electron chi connectivity index (χ3n) is 4.68. The maximum atomic E-state index is 12.5. The molecular weight excluding hydrogens is 312 g/mol. The van der Waals surface area contributed by atoms with E-state index < -0.39 is 0 Å². The number of carbonyl (C=O) groups is 1. The maximum absolute atomic E-state index is 12.5. The van der Waals surface area contributed by atoms with Crippen LogP contribution in [-0.2, 0) is 9.53 Å². The highest BCUT2D eigenvalue weighted by Crippen LogP contribution is 2.27. The van der Waals surface area contributed by atoms with Gasteiger partial charge in [0.25, 0.3) is 0 Å². The van der Waals surface area contributed by atoms with Crippen molar-refractivity contribution in [3.63, 3.8) is 0 Å². The Morgan fingerprint density at radius 3 is 2.44 bits per heavy atom. The third-order valence-corrected chi connectivity index (χ3v) is 4.68. The van der Waals surface area contributed by atoms with E-state index in [4.69, 9.17) is 4.74 Å². The average molecular weight is 338 g/mol. The lowest BCUT2D eigenvalue weighted by atomic mass is 9.93. The van der Waals surface area contributed by atoms with Gasteiger partial charge in [0.15, 0.2) is 0 Å². The second kappa shape index (κ2) is 8.79. The summed E-state index contributed by atoms with van der Waals surface area (Å²) in [6.45, 7) is 3.57. The van der Waals surface area contributed by atoms with E-state index >= 15 is 0 Å².